The van der Waals surface area contributed by atoms with E-state index in [1.54, 1.807) is 0 Å². The number of rotatable bonds is 7. The summed E-state index contributed by atoms with van der Waals surface area (Å²) in [7, 11) is 0. The highest BCUT2D eigenvalue weighted by atomic mass is 16.6. The Hall–Kier alpha value is -2.20. The highest BCUT2D eigenvalue weighted by Crippen LogP contribution is 2.19. The van der Waals surface area contributed by atoms with E-state index >= 15 is 0 Å². The maximum Gasteiger partial charge on any atom is 0.289 e. The van der Waals surface area contributed by atoms with E-state index in [2.05, 4.69) is 17.2 Å². The minimum Gasteiger partial charge on any atom is -0.475 e. The standard InChI is InChI=1S/C11H14N4O3/c1-2-3-13-4-5-18-11-9(7-12)6-10(8-14-11)15(16)17/h6,8,13H,2-5H2,1H3. The zero-order chi connectivity index (χ0) is 13.4. The van der Waals surface area contributed by atoms with E-state index in [-0.39, 0.29) is 17.1 Å². The lowest BCUT2D eigenvalue weighted by Gasteiger charge is -2.06. The Balaban J connectivity index is 2.61. The number of aromatic nitrogens is 1. The lowest BCUT2D eigenvalue weighted by Crippen LogP contribution is -2.22. The van der Waals surface area contributed by atoms with Gasteiger partial charge in [-0.05, 0) is 13.0 Å². The summed E-state index contributed by atoms with van der Waals surface area (Å²) in [5.41, 5.74) is -0.150. The molecule has 1 N–H and O–H groups in total. The summed E-state index contributed by atoms with van der Waals surface area (Å²) in [5.74, 6) is 0.126. The van der Waals surface area contributed by atoms with E-state index in [1.165, 1.54) is 0 Å². The molecule has 96 valence electrons. The molecule has 0 saturated heterocycles. The van der Waals surface area contributed by atoms with Crippen molar-refractivity contribution in [2.75, 3.05) is 19.7 Å². The van der Waals surface area contributed by atoms with Gasteiger partial charge in [0.1, 0.15) is 24.4 Å². The molecule has 0 unspecified atom stereocenters. The van der Waals surface area contributed by atoms with Crippen molar-refractivity contribution in [3.63, 3.8) is 0 Å². The number of pyridine rings is 1. The normalized spacial score (nSPS) is 9.78. The van der Waals surface area contributed by atoms with Crippen molar-refractivity contribution >= 4 is 5.69 Å². The smallest absolute Gasteiger partial charge is 0.289 e. The van der Waals surface area contributed by atoms with Gasteiger partial charge in [0, 0.05) is 12.6 Å². The van der Waals surface area contributed by atoms with Gasteiger partial charge < -0.3 is 10.1 Å². The number of nitrogens with zero attached hydrogens (tertiary/aromatic N) is 3. The van der Waals surface area contributed by atoms with Crippen LogP contribution in [0.1, 0.15) is 18.9 Å². The Morgan fingerprint density at radius 1 is 1.61 bits per heavy atom. The van der Waals surface area contributed by atoms with Gasteiger partial charge in [-0.3, -0.25) is 10.1 Å². The summed E-state index contributed by atoms with van der Waals surface area (Å²) in [6.45, 7) is 3.94. The molecule has 7 nitrogen and oxygen atoms in total. The van der Waals surface area contributed by atoms with E-state index < -0.39 is 4.92 Å². The summed E-state index contributed by atoms with van der Waals surface area (Å²) >= 11 is 0. The Morgan fingerprint density at radius 3 is 3.00 bits per heavy atom. The van der Waals surface area contributed by atoms with Crippen molar-refractivity contribution in [3.05, 3.63) is 27.9 Å². The third-order valence-corrected chi connectivity index (χ3v) is 2.11. The molecule has 0 aromatic carbocycles. The molecule has 1 aromatic rings. The molecule has 0 fully saturated rings. The second-order valence-corrected chi connectivity index (χ2v) is 3.51. The van der Waals surface area contributed by atoms with Crippen LogP contribution in [0.4, 0.5) is 5.69 Å². The first-order valence-corrected chi connectivity index (χ1v) is 5.57. The van der Waals surface area contributed by atoms with Crippen LogP contribution in [0.3, 0.4) is 0 Å². The van der Waals surface area contributed by atoms with Crippen LogP contribution in [0.5, 0.6) is 5.88 Å². The van der Waals surface area contributed by atoms with Gasteiger partial charge in [0.25, 0.3) is 5.69 Å². The summed E-state index contributed by atoms with van der Waals surface area (Å²) in [4.78, 5) is 13.7. The van der Waals surface area contributed by atoms with Crippen LogP contribution in [0.25, 0.3) is 0 Å². The maximum atomic E-state index is 10.5. The maximum absolute atomic E-state index is 10.5. The number of nitrogens with one attached hydrogen (secondary N) is 1. The monoisotopic (exact) mass is 250 g/mol. The van der Waals surface area contributed by atoms with Crippen LogP contribution in [-0.4, -0.2) is 29.6 Å². The molecule has 0 aliphatic carbocycles. The molecule has 1 rings (SSSR count). The van der Waals surface area contributed by atoms with Crippen LogP contribution in [0.15, 0.2) is 12.3 Å². The van der Waals surface area contributed by atoms with E-state index in [1.807, 2.05) is 6.07 Å². The Bertz CT molecular complexity index is 456. The predicted molar refractivity (Wildman–Crippen MR) is 64.3 cm³/mol. The molecule has 18 heavy (non-hydrogen) atoms. The first kappa shape index (κ1) is 13.9. The predicted octanol–water partition coefficient (Wildman–Crippen LogP) is 1.24. The van der Waals surface area contributed by atoms with Gasteiger partial charge in [0.15, 0.2) is 0 Å². The van der Waals surface area contributed by atoms with Crippen molar-refractivity contribution < 1.29 is 9.66 Å². The van der Waals surface area contributed by atoms with Crippen molar-refractivity contribution in [2.24, 2.45) is 0 Å². The highest BCUT2D eigenvalue weighted by molar-refractivity contribution is 5.44. The topological polar surface area (TPSA) is 101 Å². The second-order valence-electron chi connectivity index (χ2n) is 3.51. The fraction of sp³-hybridized carbons (Fsp3) is 0.455. The number of hydrogen-bond acceptors (Lipinski definition) is 6. The summed E-state index contributed by atoms with van der Waals surface area (Å²) in [5, 5.41) is 22.5. The largest absolute Gasteiger partial charge is 0.475 e. The average molecular weight is 250 g/mol. The third-order valence-electron chi connectivity index (χ3n) is 2.11. The van der Waals surface area contributed by atoms with Gasteiger partial charge in [-0.25, -0.2) is 4.98 Å². The molecule has 0 aliphatic heterocycles. The minimum absolute atomic E-state index is 0.0692. The molecule has 7 heteroatoms. The zero-order valence-corrected chi connectivity index (χ0v) is 10.0. The lowest BCUT2D eigenvalue weighted by atomic mass is 10.3. The Labute approximate surface area is 105 Å². The SMILES string of the molecule is CCCNCCOc1ncc([N+](=O)[O-])cc1C#N. The zero-order valence-electron chi connectivity index (χ0n) is 10.0. The number of nitro groups is 1. The lowest BCUT2D eigenvalue weighted by molar-refractivity contribution is -0.385. The Kier molecular flexibility index (Phi) is 5.54. The van der Waals surface area contributed by atoms with Crippen LogP contribution in [-0.2, 0) is 0 Å². The molecule has 0 radical (unpaired) electrons. The van der Waals surface area contributed by atoms with Gasteiger partial charge in [-0.1, -0.05) is 6.92 Å². The molecule has 0 aliphatic rings. The van der Waals surface area contributed by atoms with Crippen LogP contribution in [0.2, 0.25) is 0 Å². The van der Waals surface area contributed by atoms with E-state index in [0.717, 1.165) is 25.2 Å². The third kappa shape index (κ3) is 3.99. The number of ether oxygens (including phenoxy) is 1. The first-order chi connectivity index (χ1) is 8.69. The van der Waals surface area contributed by atoms with Crippen LogP contribution >= 0.6 is 0 Å². The molecule has 1 heterocycles. The van der Waals surface area contributed by atoms with Crippen LogP contribution in [0, 0.1) is 21.4 Å². The Morgan fingerprint density at radius 2 is 2.39 bits per heavy atom. The molecular formula is C11H14N4O3. The average Bonchev–Trinajstić information content (AvgIpc) is 2.38. The van der Waals surface area contributed by atoms with Gasteiger partial charge >= 0.3 is 0 Å². The van der Waals surface area contributed by atoms with E-state index in [4.69, 9.17) is 10.00 Å². The van der Waals surface area contributed by atoms with Crippen molar-refractivity contribution in [1.82, 2.24) is 10.3 Å². The number of nitriles is 1. The van der Waals surface area contributed by atoms with Gasteiger partial charge in [-0.2, -0.15) is 5.26 Å². The highest BCUT2D eigenvalue weighted by Gasteiger charge is 2.12. The molecule has 0 bridgehead atoms. The molecule has 1 aromatic heterocycles. The van der Waals surface area contributed by atoms with Gasteiger partial charge in [-0.15, -0.1) is 0 Å². The molecular weight excluding hydrogens is 236 g/mol. The van der Waals surface area contributed by atoms with Crippen molar-refractivity contribution in [2.45, 2.75) is 13.3 Å². The van der Waals surface area contributed by atoms with Crippen molar-refractivity contribution in [1.29, 1.82) is 5.26 Å². The van der Waals surface area contributed by atoms with Gasteiger partial charge in [0.2, 0.25) is 5.88 Å². The molecule has 0 saturated carbocycles. The van der Waals surface area contributed by atoms with Crippen molar-refractivity contribution in [3.8, 4) is 11.9 Å². The second kappa shape index (κ2) is 7.19. The summed E-state index contributed by atoms with van der Waals surface area (Å²) in [6, 6.07) is 2.99. The first-order valence-electron chi connectivity index (χ1n) is 5.57. The summed E-state index contributed by atoms with van der Waals surface area (Å²) < 4.78 is 5.29. The fourth-order valence-corrected chi connectivity index (χ4v) is 1.26. The quantitative estimate of drug-likeness (QED) is 0.444. The van der Waals surface area contributed by atoms with E-state index in [9.17, 15) is 10.1 Å². The number of hydrogen-bond donors (Lipinski definition) is 1. The van der Waals surface area contributed by atoms with Gasteiger partial charge in [0.05, 0.1) is 4.92 Å². The minimum atomic E-state index is -0.597. The van der Waals surface area contributed by atoms with Crippen LogP contribution < -0.4 is 10.1 Å². The molecule has 0 amide bonds. The van der Waals surface area contributed by atoms with E-state index in [0.29, 0.717) is 13.2 Å². The summed E-state index contributed by atoms with van der Waals surface area (Å²) in [6.07, 6.45) is 2.11. The fourth-order valence-electron chi connectivity index (χ4n) is 1.26. The molecule has 0 atom stereocenters. The molecule has 0 spiro atoms.